The highest BCUT2D eigenvalue weighted by Crippen LogP contribution is 2.20. The molecule has 1 rings (SSSR count). The van der Waals surface area contributed by atoms with Gasteiger partial charge in [-0.3, -0.25) is 4.79 Å². The minimum atomic E-state index is -0.638. The zero-order chi connectivity index (χ0) is 13.0. The molecule has 1 N–H and O–H groups in total. The van der Waals surface area contributed by atoms with Gasteiger partial charge in [-0.05, 0) is 18.1 Å². The molecule has 0 fully saturated rings. The Morgan fingerprint density at radius 2 is 2.18 bits per heavy atom. The lowest BCUT2D eigenvalue weighted by Gasteiger charge is -2.14. The van der Waals surface area contributed by atoms with Gasteiger partial charge in [0.1, 0.15) is 17.4 Å². The van der Waals surface area contributed by atoms with E-state index in [-0.39, 0.29) is 27.9 Å². The van der Waals surface area contributed by atoms with Gasteiger partial charge in [-0.2, -0.15) is 5.26 Å². The summed E-state index contributed by atoms with van der Waals surface area (Å²) in [6.07, 6.45) is 0. The van der Waals surface area contributed by atoms with E-state index in [4.69, 9.17) is 5.26 Å². The Morgan fingerprint density at radius 1 is 1.53 bits per heavy atom. The number of hydrogen-bond acceptors (Lipinski definition) is 2. The molecule has 0 bridgehead atoms. The first kappa shape index (κ1) is 13.7. The van der Waals surface area contributed by atoms with E-state index in [2.05, 4.69) is 21.2 Å². The molecule has 0 saturated heterocycles. The third kappa shape index (κ3) is 3.27. The lowest BCUT2D eigenvalue weighted by Crippen LogP contribution is -2.27. The molecule has 1 aromatic carbocycles. The molecule has 0 spiro atoms. The highest BCUT2D eigenvalue weighted by Gasteiger charge is 2.20. The molecule has 1 atom stereocenters. The molecule has 0 heterocycles. The highest BCUT2D eigenvalue weighted by atomic mass is 79.9. The average Bonchev–Trinajstić information content (AvgIpc) is 2.28. The molecule has 0 aliphatic carbocycles. The second-order valence-electron chi connectivity index (χ2n) is 3.91. The van der Waals surface area contributed by atoms with E-state index in [9.17, 15) is 9.18 Å². The summed E-state index contributed by atoms with van der Waals surface area (Å²) in [4.78, 5) is 11.4. The summed E-state index contributed by atoms with van der Waals surface area (Å²) in [5.74, 6) is -0.822. The predicted molar refractivity (Wildman–Crippen MR) is 67.3 cm³/mol. The summed E-state index contributed by atoms with van der Waals surface area (Å²) in [5.41, 5.74) is 0.0481. The number of nitrogens with one attached hydrogen (secondary N) is 1. The van der Waals surface area contributed by atoms with Crippen molar-refractivity contribution >= 4 is 27.5 Å². The Bertz CT molecular complexity index is 468. The molecule has 1 aromatic rings. The fourth-order valence-electron chi connectivity index (χ4n) is 1.25. The number of anilines is 1. The van der Waals surface area contributed by atoms with Crippen LogP contribution in [0.3, 0.4) is 0 Å². The normalized spacial score (nSPS) is 12.0. The molecular formula is C12H12BrFN2O. The van der Waals surface area contributed by atoms with E-state index in [0.717, 1.165) is 0 Å². The molecule has 0 aliphatic rings. The van der Waals surface area contributed by atoms with Crippen molar-refractivity contribution in [3.05, 3.63) is 29.6 Å². The summed E-state index contributed by atoms with van der Waals surface area (Å²) in [5, 5.41) is 11.3. The van der Waals surface area contributed by atoms with Crippen molar-refractivity contribution in [1.82, 2.24) is 0 Å². The van der Waals surface area contributed by atoms with Gasteiger partial charge in [-0.1, -0.05) is 35.8 Å². The summed E-state index contributed by atoms with van der Waals surface area (Å²) in [6, 6.07) is 5.86. The van der Waals surface area contributed by atoms with Gasteiger partial charge in [0.15, 0.2) is 0 Å². The van der Waals surface area contributed by atoms with Gasteiger partial charge in [0.25, 0.3) is 0 Å². The summed E-state index contributed by atoms with van der Waals surface area (Å²) >= 11 is 3.24. The lowest BCUT2D eigenvalue weighted by molar-refractivity contribution is -0.116. The maximum atomic E-state index is 13.3. The maximum Gasteiger partial charge on any atom is 0.238 e. The summed E-state index contributed by atoms with van der Waals surface area (Å²) in [6.45, 7) is 3.77. The average molecular weight is 299 g/mol. The molecule has 0 saturated carbocycles. The predicted octanol–water partition coefficient (Wildman–Crippen LogP) is 3.06. The van der Waals surface area contributed by atoms with Crippen LogP contribution in [0.4, 0.5) is 10.1 Å². The van der Waals surface area contributed by atoms with Crippen molar-refractivity contribution < 1.29 is 9.18 Å². The van der Waals surface area contributed by atoms with Crippen molar-refractivity contribution in [3.63, 3.8) is 0 Å². The van der Waals surface area contributed by atoms with Crippen molar-refractivity contribution in [1.29, 1.82) is 5.26 Å². The van der Waals surface area contributed by atoms with E-state index in [1.165, 1.54) is 18.2 Å². The summed E-state index contributed by atoms with van der Waals surface area (Å²) in [7, 11) is 0. The van der Waals surface area contributed by atoms with Crippen LogP contribution < -0.4 is 5.32 Å². The number of rotatable bonds is 3. The molecule has 5 heteroatoms. The van der Waals surface area contributed by atoms with Crippen LogP contribution in [-0.2, 0) is 4.79 Å². The van der Waals surface area contributed by atoms with Crippen molar-refractivity contribution in [3.8, 4) is 6.07 Å². The van der Waals surface area contributed by atoms with Crippen molar-refractivity contribution in [2.24, 2.45) is 5.92 Å². The maximum absolute atomic E-state index is 13.3. The molecule has 0 radical (unpaired) electrons. The van der Waals surface area contributed by atoms with Crippen LogP contribution in [0.5, 0.6) is 0 Å². The lowest BCUT2D eigenvalue weighted by atomic mass is 10.1. The summed E-state index contributed by atoms with van der Waals surface area (Å²) < 4.78 is 13.3. The van der Waals surface area contributed by atoms with Gasteiger partial charge < -0.3 is 5.32 Å². The number of carbonyl (C=O) groups excluding carboxylic acids is 1. The number of carbonyl (C=O) groups is 1. The number of hydrogen-bond donors (Lipinski definition) is 1. The standard InChI is InChI=1S/C12H12BrFN2O/c1-7(2)11(13)12(17)16-10-5-3-4-9(14)8(10)6-15/h3-5,7,11H,1-2H3,(H,16,17). The number of alkyl halides is 1. The fraction of sp³-hybridized carbons (Fsp3) is 0.333. The van der Waals surface area contributed by atoms with E-state index < -0.39 is 5.82 Å². The highest BCUT2D eigenvalue weighted by molar-refractivity contribution is 9.10. The second-order valence-corrected chi connectivity index (χ2v) is 4.90. The number of halogens is 2. The zero-order valence-electron chi connectivity index (χ0n) is 9.50. The third-order valence-electron chi connectivity index (χ3n) is 2.22. The van der Waals surface area contributed by atoms with Gasteiger partial charge in [0.05, 0.1) is 10.5 Å². The smallest absolute Gasteiger partial charge is 0.238 e. The van der Waals surface area contributed by atoms with E-state index in [1.54, 1.807) is 6.07 Å². The second kappa shape index (κ2) is 5.78. The van der Waals surface area contributed by atoms with Crippen molar-refractivity contribution in [2.45, 2.75) is 18.7 Å². The molecular weight excluding hydrogens is 287 g/mol. The quantitative estimate of drug-likeness (QED) is 0.872. The molecule has 0 aliphatic heterocycles. The van der Waals surface area contributed by atoms with Crippen LogP contribution in [0.25, 0.3) is 0 Å². The largest absolute Gasteiger partial charge is 0.324 e. The van der Waals surface area contributed by atoms with E-state index in [0.29, 0.717) is 0 Å². The van der Waals surface area contributed by atoms with E-state index in [1.807, 2.05) is 13.8 Å². The van der Waals surface area contributed by atoms with Crippen LogP contribution >= 0.6 is 15.9 Å². The Labute approximate surface area is 108 Å². The Kier molecular flexibility index (Phi) is 4.64. The Hall–Kier alpha value is -1.41. The topological polar surface area (TPSA) is 52.9 Å². The van der Waals surface area contributed by atoms with Crippen LogP contribution in [0.2, 0.25) is 0 Å². The minimum Gasteiger partial charge on any atom is -0.324 e. The first-order valence-corrected chi connectivity index (χ1v) is 6.02. The molecule has 1 unspecified atom stereocenters. The van der Waals surface area contributed by atoms with Crippen LogP contribution in [0.15, 0.2) is 18.2 Å². The van der Waals surface area contributed by atoms with Crippen LogP contribution in [-0.4, -0.2) is 10.7 Å². The number of nitrogens with zero attached hydrogens (tertiary/aromatic N) is 1. The molecule has 0 aromatic heterocycles. The molecule has 1 amide bonds. The minimum absolute atomic E-state index is 0.106. The van der Waals surface area contributed by atoms with Gasteiger partial charge in [0.2, 0.25) is 5.91 Å². The number of amides is 1. The fourth-order valence-corrected chi connectivity index (χ4v) is 1.36. The Morgan fingerprint density at radius 3 is 2.71 bits per heavy atom. The zero-order valence-corrected chi connectivity index (χ0v) is 11.1. The molecule has 17 heavy (non-hydrogen) atoms. The Balaban J connectivity index is 2.94. The first-order chi connectivity index (χ1) is 7.97. The molecule has 3 nitrogen and oxygen atoms in total. The number of nitriles is 1. The van der Waals surface area contributed by atoms with Gasteiger partial charge in [-0.25, -0.2) is 4.39 Å². The van der Waals surface area contributed by atoms with Crippen LogP contribution in [0.1, 0.15) is 19.4 Å². The van der Waals surface area contributed by atoms with Gasteiger partial charge in [0, 0.05) is 0 Å². The monoisotopic (exact) mass is 298 g/mol. The molecule has 90 valence electrons. The third-order valence-corrected chi connectivity index (χ3v) is 3.69. The first-order valence-electron chi connectivity index (χ1n) is 5.11. The van der Waals surface area contributed by atoms with E-state index >= 15 is 0 Å². The van der Waals surface area contributed by atoms with Crippen molar-refractivity contribution in [2.75, 3.05) is 5.32 Å². The van der Waals surface area contributed by atoms with Crippen LogP contribution in [0, 0.1) is 23.1 Å². The SMILES string of the molecule is CC(C)C(Br)C(=O)Nc1cccc(F)c1C#N. The van der Waals surface area contributed by atoms with Gasteiger partial charge >= 0.3 is 0 Å². The number of benzene rings is 1. The van der Waals surface area contributed by atoms with Gasteiger partial charge in [-0.15, -0.1) is 0 Å².